The SMILES string of the molecule is CC(Cl)N(C(=O)NN=O)C(C)Cl. The molecule has 0 saturated heterocycles. The standard InChI is InChI=1S/C5H9Cl2N3O2/c1-3(6)10(4(2)7)5(11)8-9-12/h3-4H,1-2H3,(H,8,11,12). The molecule has 12 heavy (non-hydrogen) atoms. The van der Waals surface area contributed by atoms with E-state index in [2.05, 4.69) is 5.29 Å². The minimum atomic E-state index is -0.713. The summed E-state index contributed by atoms with van der Waals surface area (Å²) in [6.07, 6.45) is 0. The lowest BCUT2D eigenvalue weighted by Gasteiger charge is -2.25. The fourth-order valence-corrected chi connectivity index (χ4v) is 1.28. The maximum atomic E-state index is 11.0. The van der Waals surface area contributed by atoms with Crippen LogP contribution in [-0.2, 0) is 0 Å². The Labute approximate surface area is 79.9 Å². The lowest BCUT2D eigenvalue weighted by molar-refractivity contribution is 0.191. The first-order valence-corrected chi connectivity index (χ1v) is 4.06. The van der Waals surface area contributed by atoms with Gasteiger partial charge in [0.05, 0.1) is 5.29 Å². The van der Waals surface area contributed by atoms with Crippen LogP contribution in [0.4, 0.5) is 4.79 Å². The van der Waals surface area contributed by atoms with E-state index in [1.54, 1.807) is 19.3 Å². The average Bonchev–Trinajstić information content (AvgIpc) is 1.85. The molecule has 0 aromatic heterocycles. The summed E-state index contributed by atoms with van der Waals surface area (Å²) in [5.74, 6) is 0. The van der Waals surface area contributed by atoms with Crippen molar-refractivity contribution < 1.29 is 4.79 Å². The highest BCUT2D eigenvalue weighted by molar-refractivity contribution is 6.24. The van der Waals surface area contributed by atoms with E-state index < -0.39 is 17.0 Å². The molecule has 7 heteroatoms. The Kier molecular flexibility index (Phi) is 4.92. The topological polar surface area (TPSA) is 61.8 Å². The van der Waals surface area contributed by atoms with Crippen molar-refractivity contribution in [1.29, 1.82) is 0 Å². The van der Waals surface area contributed by atoms with E-state index in [1.807, 2.05) is 0 Å². The molecule has 0 saturated carbocycles. The van der Waals surface area contributed by atoms with Gasteiger partial charge in [0.2, 0.25) is 0 Å². The molecule has 0 spiro atoms. The Morgan fingerprint density at radius 3 is 2.08 bits per heavy atom. The van der Waals surface area contributed by atoms with Crippen LogP contribution in [0.2, 0.25) is 0 Å². The molecule has 1 N–H and O–H groups in total. The number of halogens is 2. The number of rotatable bonds is 3. The quantitative estimate of drug-likeness (QED) is 0.337. The summed E-state index contributed by atoms with van der Waals surface area (Å²) in [6, 6.07) is -0.713. The number of nitrogens with one attached hydrogen (secondary N) is 1. The Balaban J connectivity index is 4.29. The lowest BCUT2D eigenvalue weighted by Crippen LogP contribution is -2.44. The van der Waals surface area contributed by atoms with Crippen LogP contribution in [0.5, 0.6) is 0 Å². The summed E-state index contributed by atoms with van der Waals surface area (Å²) < 4.78 is 0. The van der Waals surface area contributed by atoms with Gasteiger partial charge in [-0.25, -0.2) is 4.79 Å². The highest BCUT2D eigenvalue weighted by atomic mass is 35.5. The third kappa shape index (κ3) is 3.23. The number of alkyl halides is 2. The summed E-state index contributed by atoms with van der Waals surface area (Å²) in [6.45, 7) is 3.12. The number of carbonyl (C=O) groups excluding carboxylic acids is 1. The van der Waals surface area contributed by atoms with Gasteiger partial charge in [-0.2, -0.15) is 5.43 Å². The summed E-state index contributed by atoms with van der Waals surface area (Å²) in [7, 11) is 0. The van der Waals surface area contributed by atoms with Crippen LogP contribution in [0.25, 0.3) is 0 Å². The van der Waals surface area contributed by atoms with Crippen molar-refractivity contribution in [1.82, 2.24) is 10.3 Å². The number of urea groups is 1. The van der Waals surface area contributed by atoms with E-state index in [0.717, 1.165) is 4.90 Å². The zero-order chi connectivity index (χ0) is 9.72. The first kappa shape index (κ1) is 11.4. The molecule has 2 unspecified atom stereocenters. The summed E-state index contributed by atoms with van der Waals surface area (Å²) >= 11 is 11.2. The van der Waals surface area contributed by atoms with Crippen molar-refractivity contribution in [2.75, 3.05) is 0 Å². The van der Waals surface area contributed by atoms with Gasteiger partial charge in [-0.1, -0.05) is 23.2 Å². The molecule has 0 aliphatic rings. The van der Waals surface area contributed by atoms with Crippen LogP contribution < -0.4 is 5.43 Å². The second-order valence-electron chi connectivity index (χ2n) is 2.06. The van der Waals surface area contributed by atoms with Crippen molar-refractivity contribution in [3.8, 4) is 0 Å². The molecule has 0 aromatic rings. The van der Waals surface area contributed by atoms with E-state index in [-0.39, 0.29) is 0 Å². The summed E-state index contributed by atoms with van der Waals surface area (Å²) in [4.78, 5) is 21.7. The first-order chi connectivity index (χ1) is 5.50. The largest absolute Gasteiger partial charge is 0.342 e. The molecule has 2 atom stereocenters. The summed E-state index contributed by atoms with van der Waals surface area (Å²) in [5, 5.41) is 2.21. The molecule has 2 amide bonds. The van der Waals surface area contributed by atoms with Crippen molar-refractivity contribution >= 4 is 29.2 Å². The van der Waals surface area contributed by atoms with Gasteiger partial charge in [-0.05, 0) is 13.8 Å². The third-order valence-corrected chi connectivity index (χ3v) is 1.56. The molecule has 0 bridgehead atoms. The van der Waals surface area contributed by atoms with Crippen molar-refractivity contribution in [2.45, 2.75) is 24.8 Å². The molecule has 5 nitrogen and oxygen atoms in total. The maximum Gasteiger partial charge on any atom is 0.342 e. The van der Waals surface area contributed by atoms with Gasteiger partial charge in [-0.15, -0.1) is 4.91 Å². The molecule has 70 valence electrons. The van der Waals surface area contributed by atoms with Crippen molar-refractivity contribution in [3.05, 3.63) is 4.91 Å². The fraction of sp³-hybridized carbons (Fsp3) is 0.800. The minimum absolute atomic E-state index is 0.598. The Hall–Kier alpha value is -0.550. The van der Waals surface area contributed by atoms with Gasteiger partial charge in [0.25, 0.3) is 0 Å². The minimum Gasteiger partial charge on any atom is -0.291 e. The zero-order valence-electron chi connectivity index (χ0n) is 6.62. The number of nitroso groups, excluding NO2 is 1. The molecule has 0 rings (SSSR count). The lowest BCUT2D eigenvalue weighted by atomic mass is 10.5. The van der Waals surface area contributed by atoms with Gasteiger partial charge >= 0.3 is 6.03 Å². The number of hydrogen-bond donors (Lipinski definition) is 1. The van der Waals surface area contributed by atoms with E-state index in [1.165, 1.54) is 0 Å². The molecule has 0 aromatic carbocycles. The monoisotopic (exact) mass is 213 g/mol. The van der Waals surface area contributed by atoms with Gasteiger partial charge in [0.15, 0.2) is 0 Å². The van der Waals surface area contributed by atoms with E-state index in [4.69, 9.17) is 23.2 Å². The smallest absolute Gasteiger partial charge is 0.291 e. The predicted molar refractivity (Wildman–Crippen MR) is 46.8 cm³/mol. The van der Waals surface area contributed by atoms with Gasteiger partial charge in [0, 0.05) is 0 Å². The number of amides is 2. The van der Waals surface area contributed by atoms with Crippen LogP contribution in [-0.4, -0.2) is 21.9 Å². The Bertz CT molecular complexity index is 166. The van der Waals surface area contributed by atoms with Crippen LogP contribution >= 0.6 is 23.2 Å². The maximum absolute atomic E-state index is 11.0. The van der Waals surface area contributed by atoms with E-state index >= 15 is 0 Å². The van der Waals surface area contributed by atoms with E-state index in [9.17, 15) is 9.70 Å². The molecular formula is C5H9Cl2N3O2. The second-order valence-corrected chi connectivity index (χ2v) is 3.33. The average molecular weight is 214 g/mol. The fourth-order valence-electron chi connectivity index (χ4n) is 0.703. The molecule has 0 aliphatic heterocycles. The molecule has 0 heterocycles. The first-order valence-electron chi connectivity index (χ1n) is 3.19. The van der Waals surface area contributed by atoms with Gasteiger partial charge in [0.1, 0.15) is 11.0 Å². The van der Waals surface area contributed by atoms with Gasteiger partial charge < -0.3 is 0 Å². The van der Waals surface area contributed by atoms with Crippen molar-refractivity contribution in [3.63, 3.8) is 0 Å². The third-order valence-electron chi connectivity index (χ3n) is 1.14. The number of hydrogen-bond acceptors (Lipinski definition) is 3. The summed E-state index contributed by atoms with van der Waals surface area (Å²) in [5.41, 5.74) is 0.500. The normalized spacial score (nSPS) is 14.7. The highest BCUT2D eigenvalue weighted by Gasteiger charge is 2.22. The molecular weight excluding hydrogens is 205 g/mol. The Morgan fingerprint density at radius 2 is 1.83 bits per heavy atom. The van der Waals surface area contributed by atoms with Crippen LogP contribution in [0.15, 0.2) is 5.29 Å². The highest BCUT2D eigenvalue weighted by Crippen LogP contribution is 2.12. The number of carbonyl (C=O) groups is 1. The second kappa shape index (κ2) is 5.16. The Morgan fingerprint density at radius 1 is 1.42 bits per heavy atom. The molecule has 0 radical (unpaired) electrons. The predicted octanol–water partition coefficient (Wildman–Crippen LogP) is 1.85. The van der Waals surface area contributed by atoms with E-state index in [0.29, 0.717) is 0 Å². The van der Waals surface area contributed by atoms with Crippen LogP contribution in [0.3, 0.4) is 0 Å². The van der Waals surface area contributed by atoms with Crippen molar-refractivity contribution in [2.24, 2.45) is 5.29 Å². The van der Waals surface area contributed by atoms with Gasteiger partial charge in [-0.3, -0.25) is 4.90 Å². The number of nitrogens with zero attached hydrogens (tertiary/aromatic N) is 2. The van der Waals surface area contributed by atoms with Crippen LogP contribution in [0, 0.1) is 4.91 Å². The van der Waals surface area contributed by atoms with Crippen LogP contribution in [0.1, 0.15) is 13.8 Å². The molecule has 0 aliphatic carbocycles. The zero-order valence-corrected chi connectivity index (χ0v) is 8.13. The molecule has 0 fully saturated rings.